The molecule has 1 aliphatic rings. The summed E-state index contributed by atoms with van der Waals surface area (Å²) in [5, 5.41) is 20.8. The van der Waals surface area contributed by atoms with E-state index in [1.165, 1.54) is 11.0 Å². The molecular weight excluding hydrogens is 313 g/mol. The second-order valence-electron chi connectivity index (χ2n) is 7.44. The lowest BCUT2D eigenvalue weighted by molar-refractivity contribution is -0.0946. The lowest BCUT2D eigenvalue weighted by atomic mass is 9.76. The quantitative estimate of drug-likeness (QED) is 0.869. The van der Waals surface area contributed by atoms with Gasteiger partial charge in [-0.2, -0.15) is 0 Å². The molecular formula is C18H26FNO4. The summed E-state index contributed by atoms with van der Waals surface area (Å²) >= 11 is 0. The van der Waals surface area contributed by atoms with E-state index < -0.39 is 29.0 Å². The van der Waals surface area contributed by atoms with Gasteiger partial charge in [0.15, 0.2) is 0 Å². The molecule has 5 nitrogen and oxygen atoms in total. The number of aryl methyl sites for hydroxylation is 1. The van der Waals surface area contributed by atoms with Crippen LogP contribution in [-0.4, -0.2) is 46.5 Å². The van der Waals surface area contributed by atoms with Crippen molar-refractivity contribution in [3.8, 4) is 0 Å². The van der Waals surface area contributed by atoms with E-state index in [1.54, 1.807) is 39.8 Å². The lowest BCUT2D eigenvalue weighted by Gasteiger charge is -2.44. The molecule has 1 aromatic rings. The number of hydrogen-bond donors (Lipinski definition) is 2. The molecule has 1 amide bonds. The number of benzene rings is 1. The molecule has 24 heavy (non-hydrogen) atoms. The van der Waals surface area contributed by atoms with Gasteiger partial charge in [-0.25, -0.2) is 9.18 Å². The van der Waals surface area contributed by atoms with Crippen molar-refractivity contribution >= 4 is 6.09 Å². The van der Waals surface area contributed by atoms with Crippen LogP contribution in [0, 0.1) is 18.7 Å². The van der Waals surface area contributed by atoms with Crippen LogP contribution in [0.5, 0.6) is 0 Å². The van der Waals surface area contributed by atoms with E-state index in [0.29, 0.717) is 11.1 Å². The zero-order chi connectivity index (χ0) is 18.1. The van der Waals surface area contributed by atoms with Crippen molar-refractivity contribution in [1.82, 2.24) is 4.90 Å². The van der Waals surface area contributed by atoms with E-state index in [0.717, 1.165) is 0 Å². The number of nitrogens with zero attached hydrogens (tertiary/aromatic N) is 1. The second-order valence-corrected chi connectivity index (χ2v) is 7.44. The maximum Gasteiger partial charge on any atom is 0.410 e. The van der Waals surface area contributed by atoms with Crippen molar-refractivity contribution in [3.05, 3.63) is 35.1 Å². The Kier molecular flexibility index (Phi) is 5.20. The number of likely N-dealkylation sites (tertiary alicyclic amines) is 1. The van der Waals surface area contributed by atoms with E-state index in [4.69, 9.17) is 4.74 Å². The Balaban J connectivity index is 2.20. The fourth-order valence-electron chi connectivity index (χ4n) is 2.96. The fourth-order valence-corrected chi connectivity index (χ4v) is 2.96. The molecule has 0 aliphatic carbocycles. The van der Waals surface area contributed by atoms with Gasteiger partial charge in [-0.3, -0.25) is 0 Å². The third-order valence-electron chi connectivity index (χ3n) is 4.42. The molecule has 2 N–H and O–H groups in total. The number of piperidine rings is 1. The van der Waals surface area contributed by atoms with Gasteiger partial charge in [-0.05, 0) is 51.3 Å². The highest BCUT2D eigenvalue weighted by Gasteiger charge is 2.44. The number of rotatable bonds is 2. The molecule has 2 rings (SSSR count). The normalized spacial score (nSPS) is 24.8. The van der Waals surface area contributed by atoms with Gasteiger partial charge >= 0.3 is 6.09 Å². The number of amides is 1. The smallest absolute Gasteiger partial charge is 0.410 e. The molecule has 1 aromatic carbocycles. The Labute approximate surface area is 142 Å². The Morgan fingerprint density at radius 3 is 2.67 bits per heavy atom. The molecule has 1 aliphatic heterocycles. The number of halogens is 1. The SMILES string of the molecule is Cc1ccc([C@@]2(O)CCN(C(=O)OC(C)(C)C)C[C@@H]2CO)cc1F. The van der Waals surface area contributed by atoms with E-state index in [-0.39, 0.29) is 26.1 Å². The highest BCUT2D eigenvalue weighted by molar-refractivity contribution is 5.68. The van der Waals surface area contributed by atoms with Crippen molar-refractivity contribution in [1.29, 1.82) is 0 Å². The van der Waals surface area contributed by atoms with Crippen LogP contribution in [0.1, 0.15) is 38.3 Å². The van der Waals surface area contributed by atoms with Crippen LogP contribution in [0.4, 0.5) is 9.18 Å². The van der Waals surface area contributed by atoms with Crippen molar-refractivity contribution < 1.29 is 24.1 Å². The summed E-state index contributed by atoms with van der Waals surface area (Å²) in [6.07, 6.45) is -0.266. The van der Waals surface area contributed by atoms with E-state index >= 15 is 0 Å². The van der Waals surface area contributed by atoms with Gasteiger partial charge in [0.1, 0.15) is 11.4 Å². The summed E-state index contributed by atoms with van der Waals surface area (Å²) < 4.78 is 19.2. The number of ether oxygens (including phenoxy) is 1. The van der Waals surface area contributed by atoms with Crippen molar-refractivity contribution in [2.24, 2.45) is 5.92 Å². The predicted octanol–water partition coefficient (Wildman–Crippen LogP) is 2.57. The second kappa shape index (κ2) is 6.69. The molecule has 0 aromatic heterocycles. The summed E-state index contributed by atoms with van der Waals surface area (Å²) in [5.41, 5.74) is -1.07. The first-order valence-electron chi connectivity index (χ1n) is 8.14. The van der Waals surface area contributed by atoms with Gasteiger partial charge in [-0.1, -0.05) is 12.1 Å². The van der Waals surface area contributed by atoms with Gasteiger partial charge in [0, 0.05) is 19.0 Å². The average Bonchev–Trinajstić information content (AvgIpc) is 2.48. The van der Waals surface area contributed by atoms with Crippen LogP contribution >= 0.6 is 0 Å². The van der Waals surface area contributed by atoms with Crippen molar-refractivity contribution in [2.45, 2.75) is 45.3 Å². The molecule has 134 valence electrons. The molecule has 0 unspecified atom stereocenters. The summed E-state index contributed by atoms with van der Waals surface area (Å²) in [7, 11) is 0. The maximum absolute atomic E-state index is 13.9. The number of carbonyl (C=O) groups is 1. The van der Waals surface area contributed by atoms with Crippen LogP contribution in [0.25, 0.3) is 0 Å². The Morgan fingerprint density at radius 1 is 1.46 bits per heavy atom. The highest BCUT2D eigenvalue weighted by Crippen LogP contribution is 2.38. The summed E-state index contributed by atoms with van der Waals surface area (Å²) in [6, 6.07) is 4.59. The van der Waals surface area contributed by atoms with E-state index in [1.807, 2.05) is 0 Å². The standard InChI is InChI=1S/C18H26FNO4/c1-12-5-6-13(9-15(12)19)18(23)7-8-20(10-14(18)11-21)16(22)24-17(2,3)4/h5-6,9,14,21,23H,7-8,10-11H2,1-4H3/t14-,18+/m1/s1. The first-order valence-corrected chi connectivity index (χ1v) is 8.14. The third kappa shape index (κ3) is 3.87. The topological polar surface area (TPSA) is 70.0 Å². The summed E-state index contributed by atoms with van der Waals surface area (Å²) in [4.78, 5) is 13.7. The first-order chi connectivity index (χ1) is 11.1. The third-order valence-corrected chi connectivity index (χ3v) is 4.42. The molecule has 2 atom stereocenters. The monoisotopic (exact) mass is 339 g/mol. The summed E-state index contributed by atoms with van der Waals surface area (Å²) in [5.74, 6) is -1.01. The van der Waals surface area contributed by atoms with E-state index in [9.17, 15) is 19.4 Å². The molecule has 0 radical (unpaired) electrons. The van der Waals surface area contributed by atoms with Crippen LogP contribution in [0.3, 0.4) is 0 Å². The maximum atomic E-state index is 13.9. The molecule has 0 saturated carbocycles. The Hall–Kier alpha value is -1.66. The minimum atomic E-state index is -1.37. The molecule has 1 fully saturated rings. The molecule has 0 spiro atoms. The lowest BCUT2D eigenvalue weighted by Crippen LogP contribution is -2.53. The van der Waals surface area contributed by atoms with Crippen molar-refractivity contribution in [3.63, 3.8) is 0 Å². The van der Waals surface area contributed by atoms with Gasteiger partial charge in [0.2, 0.25) is 0 Å². The zero-order valence-electron chi connectivity index (χ0n) is 14.7. The van der Waals surface area contributed by atoms with Crippen LogP contribution in [-0.2, 0) is 10.3 Å². The van der Waals surface area contributed by atoms with Gasteiger partial charge in [0.25, 0.3) is 0 Å². The number of hydrogen-bond acceptors (Lipinski definition) is 4. The molecule has 6 heteroatoms. The van der Waals surface area contributed by atoms with Gasteiger partial charge in [-0.15, -0.1) is 0 Å². The summed E-state index contributed by atoms with van der Waals surface area (Å²) in [6.45, 7) is 7.11. The zero-order valence-corrected chi connectivity index (χ0v) is 14.7. The molecule has 1 saturated heterocycles. The van der Waals surface area contributed by atoms with E-state index in [2.05, 4.69) is 0 Å². The fraction of sp³-hybridized carbons (Fsp3) is 0.611. The number of aliphatic hydroxyl groups is 2. The Morgan fingerprint density at radius 2 is 2.12 bits per heavy atom. The predicted molar refractivity (Wildman–Crippen MR) is 88.0 cm³/mol. The largest absolute Gasteiger partial charge is 0.444 e. The number of aliphatic hydroxyl groups excluding tert-OH is 1. The molecule has 1 heterocycles. The van der Waals surface area contributed by atoms with Crippen LogP contribution < -0.4 is 0 Å². The van der Waals surface area contributed by atoms with Gasteiger partial charge in [0.05, 0.1) is 12.2 Å². The van der Waals surface area contributed by atoms with Crippen LogP contribution in [0.2, 0.25) is 0 Å². The number of carbonyl (C=O) groups excluding carboxylic acids is 1. The average molecular weight is 339 g/mol. The molecule has 0 bridgehead atoms. The van der Waals surface area contributed by atoms with Crippen LogP contribution in [0.15, 0.2) is 18.2 Å². The minimum absolute atomic E-state index is 0.150. The minimum Gasteiger partial charge on any atom is -0.444 e. The van der Waals surface area contributed by atoms with Gasteiger partial charge < -0.3 is 19.8 Å². The Bertz CT molecular complexity index is 614. The van der Waals surface area contributed by atoms with Crippen molar-refractivity contribution in [2.75, 3.05) is 19.7 Å². The highest BCUT2D eigenvalue weighted by atomic mass is 19.1. The first kappa shape index (κ1) is 18.7.